The molecule has 3 rings (SSSR count). The number of hydrogen-bond donors (Lipinski definition) is 0. The average Bonchev–Trinajstić information content (AvgIpc) is 2.78. The fourth-order valence-electron chi connectivity index (χ4n) is 2.06. The van der Waals surface area contributed by atoms with Gasteiger partial charge in [-0.25, -0.2) is 4.98 Å². The SMILES string of the molecule is C1=C(c2ccccc2)c2cncn2CC1. The average molecular weight is 196 g/mol. The van der Waals surface area contributed by atoms with Crippen molar-refractivity contribution in [2.75, 3.05) is 0 Å². The first-order valence-corrected chi connectivity index (χ1v) is 5.21. The molecule has 0 amide bonds. The standard InChI is InChI=1S/C13H12N2/c1-2-5-11(6-3-1)12-7-4-8-15-10-14-9-13(12)15/h1-3,5-7,9-10H,4,8H2. The first kappa shape index (κ1) is 8.48. The van der Waals surface area contributed by atoms with Crippen LogP contribution in [0.3, 0.4) is 0 Å². The van der Waals surface area contributed by atoms with E-state index in [0.29, 0.717) is 0 Å². The first-order chi connectivity index (χ1) is 7.45. The van der Waals surface area contributed by atoms with Gasteiger partial charge in [0.2, 0.25) is 0 Å². The second-order valence-corrected chi connectivity index (χ2v) is 3.74. The molecule has 2 heteroatoms. The molecule has 74 valence electrons. The summed E-state index contributed by atoms with van der Waals surface area (Å²) in [5, 5.41) is 0. The van der Waals surface area contributed by atoms with Crippen LogP contribution in [0.15, 0.2) is 48.9 Å². The van der Waals surface area contributed by atoms with Crippen molar-refractivity contribution in [3.63, 3.8) is 0 Å². The molecule has 1 aliphatic rings. The highest BCUT2D eigenvalue weighted by atomic mass is 15.0. The number of allylic oxidation sites excluding steroid dienone is 1. The number of nitrogens with zero attached hydrogens (tertiary/aromatic N) is 2. The van der Waals surface area contributed by atoms with Crippen LogP contribution < -0.4 is 0 Å². The summed E-state index contributed by atoms with van der Waals surface area (Å²) in [7, 11) is 0. The minimum Gasteiger partial charge on any atom is -0.330 e. The Bertz CT molecular complexity index is 494. The highest BCUT2D eigenvalue weighted by Crippen LogP contribution is 2.26. The van der Waals surface area contributed by atoms with E-state index in [1.807, 2.05) is 18.6 Å². The Morgan fingerprint density at radius 3 is 2.87 bits per heavy atom. The van der Waals surface area contributed by atoms with Crippen LogP contribution in [0.2, 0.25) is 0 Å². The third-order valence-corrected chi connectivity index (χ3v) is 2.79. The van der Waals surface area contributed by atoms with Crippen LogP contribution in [0.25, 0.3) is 5.57 Å². The fraction of sp³-hybridized carbons (Fsp3) is 0.154. The van der Waals surface area contributed by atoms with Crippen LogP contribution >= 0.6 is 0 Å². The van der Waals surface area contributed by atoms with Gasteiger partial charge in [-0.2, -0.15) is 0 Å². The van der Waals surface area contributed by atoms with Gasteiger partial charge in [-0.3, -0.25) is 0 Å². The molecule has 1 aromatic heterocycles. The van der Waals surface area contributed by atoms with Crippen LogP contribution in [-0.2, 0) is 6.54 Å². The maximum Gasteiger partial charge on any atom is 0.0951 e. The summed E-state index contributed by atoms with van der Waals surface area (Å²) < 4.78 is 2.21. The third-order valence-electron chi connectivity index (χ3n) is 2.79. The molecule has 0 spiro atoms. The fourth-order valence-corrected chi connectivity index (χ4v) is 2.06. The maximum absolute atomic E-state index is 4.20. The quantitative estimate of drug-likeness (QED) is 0.685. The predicted molar refractivity (Wildman–Crippen MR) is 60.4 cm³/mol. The van der Waals surface area contributed by atoms with Crippen LogP contribution in [-0.4, -0.2) is 9.55 Å². The van der Waals surface area contributed by atoms with Gasteiger partial charge in [0.1, 0.15) is 0 Å². The molecule has 0 atom stereocenters. The van der Waals surface area contributed by atoms with Crippen LogP contribution in [0.5, 0.6) is 0 Å². The Balaban J connectivity index is 2.12. The molecular weight excluding hydrogens is 184 g/mol. The molecule has 0 aliphatic carbocycles. The summed E-state index contributed by atoms with van der Waals surface area (Å²) in [4.78, 5) is 4.20. The number of fused-ring (bicyclic) bond motifs is 1. The molecule has 0 radical (unpaired) electrons. The summed E-state index contributed by atoms with van der Waals surface area (Å²) in [6, 6.07) is 10.5. The monoisotopic (exact) mass is 196 g/mol. The van der Waals surface area contributed by atoms with E-state index in [2.05, 4.69) is 39.9 Å². The highest BCUT2D eigenvalue weighted by Gasteiger charge is 2.13. The number of benzene rings is 1. The van der Waals surface area contributed by atoms with Crippen molar-refractivity contribution in [2.24, 2.45) is 0 Å². The molecule has 0 saturated heterocycles. The minimum atomic E-state index is 1.05. The van der Waals surface area contributed by atoms with Crippen molar-refractivity contribution in [3.8, 4) is 0 Å². The molecule has 2 nitrogen and oxygen atoms in total. The summed E-state index contributed by atoms with van der Waals surface area (Å²) in [5.74, 6) is 0. The van der Waals surface area contributed by atoms with E-state index in [1.54, 1.807) is 0 Å². The van der Waals surface area contributed by atoms with Gasteiger partial charge in [0.05, 0.1) is 18.2 Å². The predicted octanol–water partition coefficient (Wildman–Crippen LogP) is 2.72. The lowest BCUT2D eigenvalue weighted by atomic mass is 10.00. The number of rotatable bonds is 1. The van der Waals surface area contributed by atoms with Crippen molar-refractivity contribution in [1.82, 2.24) is 9.55 Å². The first-order valence-electron chi connectivity index (χ1n) is 5.21. The van der Waals surface area contributed by atoms with Crippen molar-refractivity contribution >= 4 is 5.57 Å². The Morgan fingerprint density at radius 1 is 1.13 bits per heavy atom. The number of aryl methyl sites for hydroxylation is 1. The Kier molecular flexibility index (Phi) is 1.91. The zero-order chi connectivity index (χ0) is 10.1. The minimum absolute atomic E-state index is 1.05. The van der Waals surface area contributed by atoms with Gasteiger partial charge >= 0.3 is 0 Å². The normalized spacial score (nSPS) is 14.5. The molecule has 0 fully saturated rings. The Labute approximate surface area is 88.9 Å². The molecule has 0 unspecified atom stereocenters. The van der Waals surface area contributed by atoms with Gasteiger partial charge in [0.25, 0.3) is 0 Å². The van der Waals surface area contributed by atoms with E-state index in [1.165, 1.54) is 16.8 Å². The second kappa shape index (κ2) is 3.39. The smallest absolute Gasteiger partial charge is 0.0951 e. The van der Waals surface area contributed by atoms with Crippen LogP contribution in [0.4, 0.5) is 0 Å². The molecule has 0 saturated carbocycles. The largest absolute Gasteiger partial charge is 0.330 e. The Morgan fingerprint density at radius 2 is 2.00 bits per heavy atom. The lowest BCUT2D eigenvalue weighted by Crippen LogP contribution is -2.06. The molecule has 0 N–H and O–H groups in total. The second-order valence-electron chi connectivity index (χ2n) is 3.74. The lowest BCUT2D eigenvalue weighted by molar-refractivity contribution is 0.688. The summed E-state index contributed by atoms with van der Waals surface area (Å²) in [6.45, 7) is 1.05. The van der Waals surface area contributed by atoms with E-state index in [9.17, 15) is 0 Å². The number of hydrogen-bond acceptors (Lipinski definition) is 1. The van der Waals surface area contributed by atoms with Crippen molar-refractivity contribution in [2.45, 2.75) is 13.0 Å². The number of aromatic nitrogens is 2. The van der Waals surface area contributed by atoms with Gasteiger partial charge in [0, 0.05) is 12.1 Å². The molecule has 1 aliphatic heterocycles. The zero-order valence-corrected chi connectivity index (χ0v) is 8.43. The zero-order valence-electron chi connectivity index (χ0n) is 8.43. The van der Waals surface area contributed by atoms with Crippen LogP contribution in [0, 0.1) is 0 Å². The van der Waals surface area contributed by atoms with Crippen molar-refractivity contribution in [1.29, 1.82) is 0 Å². The maximum atomic E-state index is 4.20. The van der Waals surface area contributed by atoms with Gasteiger partial charge in [-0.1, -0.05) is 36.4 Å². The van der Waals surface area contributed by atoms with E-state index in [4.69, 9.17) is 0 Å². The van der Waals surface area contributed by atoms with E-state index in [-0.39, 0.29) is 0 Å². The molecule has 2 heterocycles. The molecule has 0 bridgehead atoms. The van der Waals surface area contributed by atoms with Gasteiger partial charge in [0.15, 0.2) is 0 Å². The number of imidazole rings is 1. The topological polar surface area (TPSA) is 17.8 Å². The van der Waals surface area contributed by atoms with E-state index < -0.39 is 0 Å². The summed E-state index contributed by atoms with van der Waals surface area (Å²) in [5.41, 5.74) is 3.81. The molecular formula is C13H12N2. The Hall–Kier alpha value is -1.83. The van der Waals surface area contributed by atoms with Crippen LogP contribution in [0.1, 0.15) is 17.7 Å². The van der Waals surface area contributed by atoms with Crippen molar-refractivity contribution in [3.05, 3.63) is 60.2 Å². The third kappa shape index (κ3) is 1.38. The molecule has 2 aromatic rings. The van der Waals surface area contributed by atoms with E-state index >= 15 is 0 Å². The highest BCUT2D eigenvalue weighted by molar-refractivity contribution is 5.78. The molecule has 15 heavy (non-hydrogen) atoms. The van der Waals surface area contributed by atoms with E-state index in [0.717, 1.165) is 13.0 Å². The van der Waals surface area contributed by atoms with Crippen molar-refractivity contribution < 1.29 is 0 Å². The molecule has 1 aromatic carbocycles. The van der Waals surface area contributed by atoms with Gasteiger partial charge in [-0.15, -0.1) is 0 Å². The summed E-state index contributed by atoms with van der Waals surface area (Å²) in [6.07, 6.45) is 7.24. The van der Waals surface area contributed by atoms with Gasteiger partial charge < -0.3 is 4.57 Å². The summed E-state index contributed by atoms with van der Waals surface area (Å²) >= 11 is 0. The van der Waals surface area contributed by atoms with Gasteiger partial charge in [-0.05, 0) is 12.0 Å². The lowest BCUT2D eigenvalue weighted by Gasteiger charge is -2.16.